The lowest BCUT2D eigenvalue weighted by molar-refractivity contribution is -0.123. The summed E-state index contributed by atoms with van der Waals surface area (Å²) in [6.07, 6.45) is 4.46. The molecular weight excluding hydrogens is 345 g/mol. The second-order valence-corrected chi connectivity index (χ2v) is 5.75. The van der Waals surface area contributed by atoms with Crippen molar-refractivity contribution in [1.29, 1.82) is 0 Å². The molecule has 1 aromatic carbocycles. The summed E-state index contributed by atoms with van der Waals surface area (Å²) in [6, 6.07) is 16.2. The van der Waals surface area contributed by atoms with Crippen molar-refractivity contribution in [2.45, 2.75) is 31.3 Å². The minimum Gasteiger partial charge on any atom is -0.368 e. The summed E-state index contributed by atoms with van der Waals surface area (Å²) < 4.78 is 0. The van der Waals surface area contributed by atoms with Crippen molar-refractivity contribution in [2.75, 3.05) is 6.54 Å². The Morgan fingerprint density at radius 2 is 1.88 bits per heavy atom. The van der Waals surface area contributed by atoms with E-state index >= 15 is 0 Å². The molecule has 1 aromatic heterocycles. The van der Waals surface area contributed by atoms with Gasteiger partial charge in [-0.15, -0.1) is 24.8 Å². The Kier molecular flexibility index (Phi) is 8.19. The molecule has 2 N–H and O–H groups in total. The first-order valence-electron chi connectivity index (χ1n) is 7.75. The van der Waals surface area contributed by atoms with Crippen LogP contribution < -0.4 is 5.73 Å². The molecule has 0 bridgehead atoms. The molecular formula is C18H23Cl2N3O. The minimum atomic E-state index is -0.223. The maximum Gasteiger partial charge on any atom is 0.234 e. The predicted molar refractivity (Wildman–Crippen MR) is 101 cm³/mol. The lowest BCUT2D eigenvalue weighted by Gasteiger charge is -2.32. The fourth-order valence-electron chi connectivity index (χ4n) is 3.29. The molecule has 1 aliphatic heterocycles. The zero-order valence-corrected chi connectivity index (χ0v) is 15.0. The van der Waals surface area contributed by atoms with E-state index < -0.39 is 0 Å². The van der Waals surface area contributed by atoms with Crippen molar-refractivity contribution < 1.29 is 4.79 Å². The van der Waals surface area contributed by atoms with Crippen LogP contribution in [0.3, 0.4) is 0 Å². The van der Waals surface area contributed by atoms with Gasteiger partial charge in [0.25, 0.3) is 0 Å². The number of aromatic nitrogens is 1. The standard InChI is InChI=1S/C18H21N3O.2ClH/c19-18(22)16-10-6-12-21(16)17(14-7-2-1-3-8-14)13-15-9-4-5-11-20-15;;/h1-5,7-9,11,16-17H,6,10,12-13H2,(H2,19,22);2*1H/t16?,17-;;/m0../s1. The van der Waals surface area contributed by atoms with Crippen molar-refractivity contribution in [3.63, 3.8) is 0 Å². The highest BCUT2D eigenvalue weighted by atomic mass is 35.5. The molecule has 1 amide bonds. The molecule has 4 nitrogen and oxygen atoms in total. The summed E-state index contributed by atoms with van der Waals surface area (Å²) in [4.78, 5) is 18.5. The third kappa shape index (κ3) is 4.69. The molecule has 2 heterocycles. The lowest BCUT2D eigenvalue weighted by atomic mass is 9.99. The first kappa shape index (κ1) is 20.4. The fraction of sp³-hybridized carbons (Fsp3) is 0.333. The number of hydrogen-bond acceptors (Lipinski definition) is 3. The van der Waals surface area contributed by atoms with Gasteiger partial charge in [0.2, 0.25) is 5.91 Å². The van der Waals surface area contributed by atoms with E-state index in [1.165, 1.54) is 5.56 Å². The van der Waals surface area contributed by atoms with Crippen molar-refractivity contribution in [3.8, 4) is 0 Å². The van der Waals surface area contributed by atoms with E-state index in [2.05, 4.69) is 22.0 Å². The Morgan fingerprint density at radius 1 is 1.17 bits per heavy atom. The number of likely N-dealkylation sites (tertiary alicyclic amines) is 1. The lowest BCUT2D eigenvalue weighted by Crippen LogP contribution is -2.43. The average Bonchev–Trinajstić information content (AvgIpc) is 3.04. The molecule has 3 rings (SSSR count). The molecule has 0 spiro atoms. The number of benzene rings is 1. The Hall–Kier alpha value is -1.62. The number of rotatable bonds is 5. The molecule has 130 valence electrons. The van der Waals surface area contributed by atoms with E-state index in [4.69, 9.17) is 5.73 Å². The Bertz CT molecular complexity index is 625. The van der Waals surface area contributed by atoms with Crippen molar-refractivity contribution in [3.05, 3.63) is 66.0 Å². The van der Waals surface area contributed by atoms with Gasteiger partial charge in [-0.3, -0.25) is 14.7 Å². The Morgan fingerprint density at radius 3 is 2.50 bits per heavy atom. The molecule has 0 aliphatic carbocycles. The van der Waals surface area contributed by atoms with Crippen molar-refractivity contribution in [1.82, 2.24) is 9.88 Å². The molecule has 2 aromatic rings. The summed E-state index contributed by atoms with van der Waals surface area (Å²) in [7, 11) is 0. The van der Waals surface area contributed by atoms with Crippen LogP contribution >= 0.6 is 24.8 Å². The van der Waals surface area contributed by atoms with Gasteiger partial charge in [0.05, 0.1) is 6.04 Å². The normalized spacial score (nSPS) is 18.2. The van der Waals surface area contributed by atoms with E-state index in [1.807, 2.05) is 42.6 Å². The molecule has 2 atom stereocenters. The largest absolute Gasteiger partial charge is 0.368 e. The first-order chi connectivity index (χ1) is 10.8. The van der Waals surface area contributed by atoms with Gasteiger partial charge < -0.3 is 5.73 Å². The van der Waals surface area contributed by atoms with Gasteiger partial charge in [0, 0.05) is 24.4 Å². The van der Waals surface area contributed by atoms with Gasteiger partial charge in [0.1, 0.15) is 0 Å². The molecule has 6 heteroatoms. The van der Waals surface area contributed by atoms with Crippen LogP contribution in [0, 0.1) is 0 Å². The maximum atomic E-state index is 11.8. The highest BCUT2D eigenvalue weighted by Crippen LogP contribution is 2.31. The zero-order valence-electron chi connectivity index (χ0n) is 13.4. The summed E-state index contributed by atoms with van der Waals surface area (Å²) in [5, 5.41) is 0. The van der Waals surface area contributed by atoms with E-state index in [1.54, 1.807) is 0 Å². The quantitative estimate of drug-likeness (QED) is 0.882. The van der Waals surface area contributed by atoms with Gasteiger partial charge in [-0.25, -0.2) is 0 Å². The van der Waals surface area contributed by atoms with Crippen LogP contribution in [-0.2, 0) is 11.2 Å². The van der Waals surface area contributed by atoms with E-state index in [9.17, 15) is 4.79 Å². The van der Waals surface area contributed by atoms with Crippen LogP contribution in [0.5, 0.6) is 0 Å². The number of primary amides is 1. The molecule has 1 saturated heterocycles. The molecule has 1 unspecified atom stereocenters. The molecule has 0 saturated carbocycles. The summed E-state index contributed by atoms with van der Waals surface area (Å²) >= 11 is 0. The van der Waals surface area contributed by atoms with Gasteiger partial charge in [-0.05, 0) is 37.1 Å². The van der Waals surface area contributed by atoms with Crippen LogP contribution in [0.15, 0.2) is 54.7 Å². The van der Waals surface area contributed by atoms with E-state index in [0.29, 0.717) is 0 Å². The van der Waals surface area contributed by atoms with Gasteiger partial charge >= 0.3 is 0 Å². The Balaban J connectivity index is 0.00000144. The smallest absolute Gasteiger partial charge is 0.234 e. The SMILES string of the molecule is Cl.Cl.NC(=O)C1CCCN1[C@@H](Cc1ccccn1)c1ccccc1. The highest BCUT2D eigenvalue weighted by molar-refractivity contribution is 5.85. The minimum absolute atomic E-state index is 0. The number of nitrogens with zero attached hydrogens (tertiary/aromatic N) is 2. The third-order valence-electron chi connectivity index (χ3n) is 4.34. The number of nitrogens with two attached hydrogens (primary N) is 1. The van der Waals surface area contributed by atoms with Crippen LogP contribution in [-0.4, -0.2) is 28.4 Å². The van der Waals surface area contributed by atoms with Crippen LogP contribution in [0.1, 0.15) is 30.1 Å². The topological polar surface area (TPSA) is 59.2 Å². The highest BCUT2D eigenvalue weighted by Gasteiger charge is 2.35. The second kappa shape index (κ2) is 9.62. The molecule has 24 heavy (non-hydrogen) atoms. The number of pyridine rings is 1. The van der Waals surface area contributed by atoms with Crippen LogP contribution in [0.2, 0.25) is 0 Å². The second-order valence-electron chi connectivity index (χ2n) is 5.75. The van der Waals surface area contributed by atoms with Crippen molar-refractivity contribution >= 4 is 30.7 Å². The monoisotopic (exact) mass is 367 g/mol. The molecule has 1 aliphatic rings. The van der Waals surface area contributed by atoms with Crippen LogP contribution in [0.4, 0.5) is 0 Å². The summed E-state index contributed by atoms with van der Waals surface area (Å²) in [5.74, 6) is -0.223. The zero-order chi connectivity index (χ0) is 15.4. The van der Waals surface area contributed by atoms with Gasteiger partial charge in [0.15, 0.2) is 0 Å². The molecule has 0 radical (unpaired) electrons. The Labute approximate surface area is 155 Å². The van der Waals surface area contributed by atoms with E-state index in [0.717, 1.165) is 31.5 Å². The molecule has 1 fully saturated rings. The summed E-state index contributed by atoms with van der Waals surface area (Å²) in [6.45, 7) is 0.903. The number of carbonyl (C=O) groups is 1. The summed E-state index contributed by atoms with van der Waals surface area (Å²) in [5.41, 5.74) is 7.84. The van der Waals surface area contributed by atoms with Crippen molar-refractivity contribution in [2.24, 2.45) is 5.73 Å². The predicted octanol–water partition coefficient (Wildman–Crippen LogP) is 3.16. The van der Waals surface area contributed by atoms with Gasteiger partial charge in [-0.1, -0.05) is 36.4 Å². The number of carbonyl (C=O) groups excluding carboxylic acids is 1. The number of halogens is 2. The van der Waals surface area contributed by atoms with Crippen LogP contribution in [0.25, 0.3) is 0 Å². The third-order valence-corrected chi connectivity index (χ3v) is 4.34. The average molecular weight is 368 g/mol. The fourth-order valence-corrected chi connectivity index (χ4v) is 3.29. The van der Waals surface area contributed by atoms with E-state index in [-0.39, 0.29) is 42.8 Å². The number of hydrogen-bond donors (Lipinski definition) is 1. The maximum absolute atomic E-state index is 11.8. The number of amides is 1. The van der Waals surface area contributed by atoms with Gasteiger partial charge in [-0.2, -0.15) is 0 Å². The first-order valence-corrected chi connectivity index (χ1v) is 7.75.